The molecule has 5 nitrogen and oxygen atoms in total. The monoisotopic (exact) mass is 282 g/mol. The molecule has 0 aromatic carbocycles. The highest BCUT2D eigenvalue weighted by molar-refractivity contribution is 8.14. The second kappa shape index (κ2) is 5.54. The van der Waals surface area contributed by atoms with E-state index in [9.17, 15) is 13.2 Å². The fourth-order valence-corrected chi connectivity index (χ4v) is 2.73. The minimum absolute atomic E-state index is 0.0111. The van der Waals surface area contributed by atoms with Gasteiger partial charge in [0.2, 0.25) is 15.0 Å². The summed E-state index contributed by atoms with van der Waals surface area (Å²) >= 11 is 0. The van der Waals surface area contributed by atoms with Crippen LogP contribution in [0.2, 0.25) is 0 Å². The molecule has 1 heterocycles. The van der Waals surface area contributed by atoms with Gasteiger partial charge in [-0.2, -0.15) is 0 Å². The summed E-state index contributed by atoms with van der Waals surface area (Å²) < 4.78 is 22.3. The number of carbonyl (C=O) groups is 1. The lowest BCUT2D eigenvalue weighted by Gasteiger charge is -2.24. The van der Waals surface area contributed by atoms with Gasteiger partial charge in [-0.25, -0.2) is 8.42 Å². The second-order valence-electron chi connectivity index (χ2n) is 4.72. The highest BCUT2D eigenvalue weighted by Crippen LogP contribution is 2.20. The molecule has 0 aromatic heterocycles. The van der Waals surface area contributed by atoms with Gasteiger partial charge in [-0.1, -0.05) is 0 Å². The summed E-state index contributed by atoms with van der Waals surface area (Å²) in [6, 6.07) is 0.403. The molecule has 0 radical (unpaired) electrons. The van der Waals surface area contributed by atoms with Gasteiger partial charge in [-0.15, -0.1) is 0 Å². The Morgan fingerprint density at radius 2 is 2.12 bits per heavy atom. The maximum absolute atomic E-state index is 11.6. The summed E-state index contributed by atoms with van der Waals surface area (Å²) in [5.74, 6) is -0.128. The number of likely N-dealkylation sites (tertiary alicyclic amines) is 1. The summed E-state index contributed by atoms with van der Waals surface area (Å²) in [4.78, 5) is 15.3. The van der Waals surface area contributed by atoms with Crippen molar-refractivity contribution in [2.75, 3.05) is 26.7 Å². The topological polar surface area (TPSA) is 57.7 Å². The first-order chi connectivity index (χ1) is 7.71. The zero-order valence-corrected chi connectivity index (χ0v) is 12.0. The molecule has 0 aromatic rings. The van der Waals surface area contributed by atoms with Gasteiger partial charge in [0.1, 0.15) is 5.25 Å². The molecule has 1 aliphatic heterocycles. The first-order valence-electron chi connectivity index (χ1n) is 5.63. The summed E-state index contributed by atoms with van der Waals surface area (Å²) in [7, 11) is 3.61. The molecule has 0 saturated carbocycles. The molecule has 1 atom stereocenters. The van der Waals surface area contributed by atoms with Gasteiger partial charge in [0, 0.05) is 42.8 Å². The molecule has 1 fully saturated rings. The first-order valence-corrected chi connectivity index (χ1v) is 8.00. The minimum atomic E-state index is -3.63. The fraction of sp³-hybridized carbons (Fsp3) is 0.900. The van der Waals surface area contributed by atoms with Crippen LogP contribution in [0.5, 0.6) is 0 Å². The molecular weight excluding hydrogens is 264 g/mol. The molecule has 0 aliphatic carbocycles. The second-order valence-corrected chi connectivity index (χ2v) is 7.62. The first kappa shape index (κ1) is 14.7. The van der Waals surface area contributed by atoms with Crippen LogP contribution in [0.15, 0.2) is 0 Å². The van der Waals surface area contributed by atoms with Crippen LogP contribution < -0.4 is 0 Å². The van der Waals surface area contributed by atoms with Crippen molar-refractivity contribution in [2.24, 2.45) is 0 Å². The van der Waals surface area contributed by atoms with Crippen molar-refractivity contribution < 1.29 is 13.2 Å². The largest absolute Gasteiger partial charge is 0.340 e. The van der Waals surface area contributed by atoms with Crippen molar-refractivity contribution in [1.82, 2.24) is 9.80 Å². The maximum atomic E-state index is 11.6. The summed E-state index contributed by atoms with van der Waals surface area (Å²) in [6.07, 6.45) is 0.0111. The third-order valence-electron chi connectivity index (χ3n) is 3.18. The van der Waals surface area contributed by atoms with Crippen molar-refractivity contribution >= 4 is 25.6 Å². The van der Waals surface area contributed by atoms with E-state index in [1.165, 1.54) is 0 Å². The number of hydrogen-bond acceptors (Lipinski definition) is 4. The van der Waals surface area contributed by atoms with E-state index in [4.69, 9.17) is 10.7 Å². The van der Waals surface area contributed by atoms with Crippen LogP contribution in [0.1, 0.15) is 20.3 Å². The van der Waals surface area contributed by atoms with E-state index in [0.29, 0.717) is 12.6 Å². The average molecular weight is 283 g/mol. The van der Waals surface area contributed by atoms with Crippen LogP contribution >= 0.6 is 10.7 Å². The normalized spacial score (nSPS) is 21.9. The zero-order valence-electron chi connectivity index (χ0n) is 10.4. The highest BCUT2D eigenvalue weighted by atomic mass is 35.7. The molecule has 0 spiro atoms. The summed E-state index contributed by atoms with van der Waals surface area (Å²) in [5, 5.41) is -0.749. The van der Waals surface area contributed by atoms with Crippen LogP contribution in [0, 0.1) is 0 Å². The van der Waals surface area contributed by atoms with Crippen LogP contribution in [0.25, 0.3) is 0 Å². The highest BCUT2D eigenvalue weighted by Gasteiger charge is 2.36. The number of amides is 1. The molecule has 0 bridgehead atoms. The number of hydrogen-bond donors (Lipinski definition) is 0. The fourth-order valence-electron chi connectivity index (χ4n) is 1.68. The van der Waals surface area contributed by atoms with E-state index in [2.05, 4.69) is 18.7 Å². The van der Waals surface area contributed by atoms with E-state index >= 15 is 0 Å². The van der Waals surface area contributed by atoms with Crippen molar-refractivity contribution in [1.29, 1.82) is 0 Å². The number of nitrogens with zero attached hydrogens (tertiary/aromatic N) is 2. The lowest BCUT2D eigenvalue weighted by molar-refractivity contribution is -0.127. The Kier molecular flexibility index (Phi) is 4.80. The third kappa shape index (κ3) is 4.12. The standard InChI is InChI=1S/C10H19ClN2O3S/c1-8(2)12(3)4-5-13-7-9(6-10(13)14)17(11,15)16/h8-9H,4-7H2,1-3H3. The lowest BCUT2D eigenvalue weighted by atomic mass is 10.3. The molecule has 1 unspecified atom stereocenters. The Labute approximate surface area is 107 Å². The Morgan fingerprint density at radius 3 is 2.53 bits per heavy atom. The van der Waals surface area contributed by atoms with E-state index in [1.807, 2.05) is 7.05 Å². The molecule has 1 amide bonds. The molecule has 0 N–H and O–H groups in total. The van der Waals surface area contributed by atoms with Crippen LogP contribution in [0.4, 0.5) is 0 Å². The van der Waals surface area contributed by atoms with E-state index in [1.54, 1.807) is 4.90 Å². The van der Waals surface area contributed by atoms with Crippen molar-refractivity contribution in [3.63, 3.8) is 0 Å². The molecule has 7 heteroatoms. The Bertz CT molecular complexity index is 383. The predicted octanol–water partition coefficient (Wildman–Crippen LogP) is 0.496. The van der Waals surface area contributed by atoms with Gasteiger partial charge in [0.05, 0.1) is 0 Å². The Balaban J connectivity index is 2.49. The molecule has 17 heavy (non-hydrogen) atoms. The van der Waals surface area contributed by atoms with Gasteiger partial charge in [0.15, 0.2) is 0 Å². The Morgan fingerprint density at radius 1 is 1.53 bits per heavy atom. The van der Waals surface area contributed by atoms with E-state index in [-0.39, 0.29) is 18.9 Å². The molecule has 100 valence electrons. The number of carbonyl (C=O) groups excluding carboxylic acids is 1. The van der Waals surface area contributed by atoms with Gasteiger partial charge >= 0.3 is 0 Å². The zero-order chi connectivity index (χ0) is 13.2. The smallest absolute Gasteiger partial charge is 0.237 e. The Hall–Kier alpha value is -0.330. The minimum Gasteiger partial charge on any atom is -0.340 e. The average Bonchev–Trinajstić information content (AvgIpc) is 2.55. The van der Waals surface area contributed by atoms with Gasteiger partial charge < -0.3 is 9.80 Å². The third-order valence-corrected chi connectivity index (χ3v) is 5.05. The van der Waals surface area contributed by atoms with Crippen molar-refractivity contribution in [2.45, 2.75) is 31.6 Å². The van der Waals surface area contributed by atoms with Crippen LogP contribution in [-0.2, 0) is 13.8 Å². The summed E-state index contributed by atoms with van der Waals surface area (Å²) in [6.45, 7) is 5.64. The maximum Gasteiger partial charge on any atom is 0.237 e. The van der Waals surface area contributed by atoms with Gasteiger partial charge in [-0.3, -0.25) is 4.79 Å². The molecule has 1 rings (SSSR count). The number of rotatable bonds is 5. The quantitative estimate of drug-likeness (QED) is 0.689. The predicted molar refractivity (Wildman–Crippen MR) is 67.5 cm³/mol. The SMILES string of the molecule is CC(C)N(C)CCN1CC(S(=O)(=O)Cl)CC1=O. The van der Waals surface area contributed by atoms with Crippen LogP contribution in [-0.4, -0.2) is 62.1 Å². The van der Waals surface area contributed by atoms with E-state index in [0.717, 1.165) is 6.54 Å². The van der Waals surface area contributed by atoms with Gasteiger partial charge in [-0.05, 0) is 20.9 Å². The van der Waals surface area contributed by atoms with Crippen LogP contribution in [0.3, 0.4) is 0 Å². The lowest BCUT2D eigenvalue weighted by Crippen LogP contribution is -2.37. The van der Waals surface area contributed by atoms with Crippen molar-refractivity contribution in [3.05, 3.63) is 0 Å². The number of likely N-dealkylation sites (N-methyl/N-ethyl adjacent to an activating group) is 1. The van der Waals surface area contributed by atoms with Gasteiger partial charge in [0.25, 0.3) is 0 Å². The molecular formula is C10H19ClN2O3S. The molecule has 1 saturated heterocycles. The van der Waals surface area contributed by atoms with Crippen molar-refractivity contribution in [3.8, 4) is 0 Å². The van der Waals surface area contributed by atoms with E-state index < -0.39 is 14.3 Å². The number of halogens is 1. The molecule has 1 aliphatic rings. The summed E-state index contributed by atoms with van der Waals surface area (Å²) in [5.41, 5.74) is 0.